The molecule has 2 atom stereocenters. The van der Waals surface area contributed by atoms with Gasteiger partial charge in [-0.1, -0.05) is 0 Å². The zero-order valence-electron chi connectivity index (χ0n) is 16.5. The SMILES string of the molecule is COc1cc(Nc2nc(Br)cn3ncnc23)ccc1N1CC2CC1CN2C1COC1. The van der Waals surface area contributed by atoms with Gasteiger partial charge in [0, 0.05) is 36.9 Å². The van der Waals surface area contributed by atoms with E-state index in [0.717, 1.165) is 43.4 Å². The van der Waals surface area contributed by atoms with Crippen LogP contribution in [0.15, 0.2) is 35.3 Å². The Morgan fingerprint density at radius 3 is 2.83 bits per heavy atom. The molecular weight excluding hydrogens is 450 g/mol. The second-order valence-corrected chi connectivity index (χ2v) is 8.85. The van der Waals surface area contributed by atoms with Crippen molar-refractivity contribution < 1.29 is 9.47 Å². The zero-order chi connectivity index (χ0) is 20.2. The minimum atomic E-state index is 0.533. The molecular formula is C20H22BrN7O2. The Hall–Kier alpha value is -2.43. The number of hydrogen-bond acceptors (Lipinski definition) is 8. The van der Waals surface area contributed by atoms with E-state index in [4.69, 9.17) is 9.47 Å². The smallest absolute Gasteiger partial charge is 0.198 e. The topological polar surface area (TPSA) is 80.0 Å². The summed E-state index contributed by atoms with van der Waals surface area (Å²) in [5.41, 5.74) is 2.71. The van der Waals surface area contributed by atoms with E-state index < -0.39 is 0 Å². The number of piperazine rings is 1. The van der Waals surface area contributed by atoms with Crippen LogP contribution in [0.4, 0.5) is 17.2 Å². The molecule has 3 aliphatic rings. The lowest BCUT2D eigenvalue weighted by Gasteiger charge is -2.43. The maximum absolute atomic E-state index is 5.77. The highest BCUT2D eigenvalue weighted by molar-refractivity contribution is 9.10. The largest absolute Gasteiger partial charge is 0.495 e. The van der Waals surface area contributed by atoms with Crippen LogP contribution in [0.1, 0.15) is 6.42 Å². The first kappa shape index (κ1) is 18.3. The average molecular weight is 472 g/mol. The van der Waals surface area contributed by atoms with E-state index in [9.17, 15) is 0 Å². The Morgan fingerprint density at radius 1 is 1.20 bits per heavy atom. The van der Waals surface area contributed by atoms with Gasteiger partial charge in [0.25, 0.3) is 0 Å². The van der Waals surface area contributed by atoms with Crippen LogP contribution in [0, 0.1) is 0 Å². The summed E-state index contributed by atoms with van der Waals surface area (Å²) < 4.78 is 13.5. The van der Waals surface area contributed by atoms with Gasteiger partial charge >= 0.3 is 0 Å². The molecule has 2 unspecified atom stereocenters. The molecule has 2 aromatic heterocycles. The van der Waals surface area contributed by atoms with Crippen LogP contribution in [-0.2, 0) is 4.74 Å². The number of methoxy groups -OCH3 is 1. The highest BCUT2D eigenvalue weighted by Gasteiger charge is 2.47. The predicted molar refractivity (Wildman–Crippen MR) is 116 cm³/mol. The molecule has 3 aromatic rings. The number of aromatic nitrogens is 4. The molecule has 30 heavy (non-hydrogen) atoms. The second-order valence-electron chi connectivity index (χ2n) is 8.04. The summed E-state index contributed by atoms with van der Waals surface area (Å²) in [4.78, 5) is 13.9. The molecule has 0 spiro atoms. The van der Waals surface area contributed by atoms with Crippen molar-refractivity contribution in [1.29, 1.82) is 0 Å². The third-order valence-electron chi connectivity index (χ3n) is 6.36. The fourth-order valence-corrected chi connectivity index (χ4v) is 5.24. The zero-order valence-corrected chi connectivity index (χ0v) is 18.1. The van der Waals surface area contributed by atoms with Crippen LogP contribution in [0.2, 0.25) is 0 Å². The first-order valence-electron chi connectivity index (χ1n) is 10.1. The van der Waals surface area contributed by atoms with Crippen molar-refractivity contribution in [3.05, 3.63) is 35.3 Å². The molecule has 0 saturated carbocycles. The molecule has 5 heterocycles. The first-order valence-corrected chi connectivity index (χ1v) is 10.9. The van der Waals surface area contributed by atoms with Gasteiger partial charge in [0.15, 0.2) is 11.5 Å². The van der Waals surface area contributed by atoms with E-state index >= 15 is 0 Å². The fourth-order valence-electron chi connectivity index (χ4n) is 4.87. The van der Waals surface area contributed by atoms with E-state index in [-0.39, 0.29) is 0 Å². The number of anilines is 3. The normalized spacial score (nSPS) is 23.9. The molecule has 156 valence electrons. The molecule has 1 aromatic carbocycles. The molecule has 3 fully saturated rings. The predicted octanol–water partition coefficient (Wildman–Crippen LogP) is 2.30. The van der Waals surface area contributed by atoms with E-state index in [2.05, 4.69) is 58.2 Å². The van der Waals surface area contributed by atoms with Crippen molar-refractivity contribution in [3.63, 3.8) is 0 Å². The molecule has 0 amide bonds. The number of hydrogen-bond donors (Lipinski definition) is 1. The van der Waals surface area contributed by atoms with E-state index in [1.807, 2.05) is 6.07 Å². The second kappa shape index (κ2) is 7.07. The Balaban J connectivity index is 1.25. The number of halogens is 1. The lowest BCUT2D eigenvalue weighted by Crippen LogP contribution is -2.56. The van der Waals surface area contributed by atoms with E-state index in [1.54, 1.807) is 17.8 Å². The summed E-state index contributed by atoms with van der Waals surface area (Å²) in [5.74, 6) is 1.49. The minimum absolute atomic E-state index is 0.533. The number of likely N-dealkylation sites (tertiary alicyclic amines) is 1. The molecule has 0 aliphatic carbocycles. The molecule has 10 heteroatoms. The quantitative estimate of drug-likeness (QED) is 0.606. The van der Waals surface area contributed by atoms with Crippen molar-refractivity contribution in [3.8, 4) is 5.75 Å². The van der Waals surface area contributed by atoms with Crippen LogP contribution in [0.5, 0.6) is 5.75 Å². The number of benzene rings is 1. The molecule has 1 N–H and O–H groups in total. The fraction of sp³-hybridized carbons (Fsp3) is 0.450. The van der Waals surface area contributed by atoms with Gasteiger partial charge in [0.05, 0.1) is 38.2 Å². The van der Waals surface area contributed by atoms with Crippen molar-refractivity contribution in [2.75, 3.05) is 43.6 Å². The summed E-state index contributed by atoms with van der Waals surface area (Å²) in [6.07, 6.45) is 4.50. The average Bonchev–Trinajstić information content (AvgIpc) is 3.42. The first-order chi connectivity index (χ1) is 14.7. The van der Waals surface area contributed by atoms with Gasteiger partial charge in [-0.3, -0.25) is 4.90 Å². The van der Waals surface area contributed by atoms with Crippen LogP contribution in [-0.4, -0.2) is 76.0 Å². The summed E-state index contributed by atoms with van der Waals surface area (Å²) in [5, 5.41) is 7.54. The highest BCUT2D eigenvalue weighted by atomic mass is 79.9. The molecule has 9 nitrogen and oxygen atoms in total. The van der Waals surface area contributed by atoms with Crippen LogP contribution < -0.4 is 15.0 Å². The van der Waals surface area contributed by atoms with E-state index in [0.29, 0.717) is 34.2 Å². The highest BCUT2D eigenvalue weighted by Crippen LogP contribution is 2.41. The maximum atomic E-state index is 5.77. The van der Waals surface area contributed by atoms with Crippen LogP contribution >= 0.6 is 15.9 Å². The Labute approximate surface area is 182 Å². The Kier molecular flexibility index (Phi) is 4.32. The lowest BCUT2D eigenvalue weighted by molar-refractivity contribution is -0.0708. The van der Waals surface area contributed by atoms with Gasteiger partial charge in [-0.2, -0.15) is 5.10 Å². The lowest BCUT2D eigenvalue weighted by atomic mass is 10.1. The third-order valence-corrected chi connectivity index (χ3v) is 6.74. The van der Waals surface area contributed by atoms with Gasteiger partial charge in [-0.05, 0) is 34.5 Å². The number of ether oxygens (including phenoxy) is 2. The van der Waals surface area contributed by atoms with Gasteiger partial charge in [0.2, 0.25) is 0 Å². The molecule has 0 radical (unpaired) electrons. The van der Waals surface area contributed by atoms with Gasteiger partial charge in [0.1, 0.15) is 16.7 Å². The minimum Gasteiger partial charge on any atom is -0.495 e. The van der Waals surface area contributed by atoms with Crippen molar-refractivity contribution in [2.24, 2.45) is 0 Å². The molecule has 2 bridgehead atoms. The summed E-state index contributed by atoms with van der Waals surface area (Å²) in [6.45, 7) is 3.91. The van der Waals surface area contributed by atoms with Crippen molar-refractivity contribution in [2.45, 2.75) is 24.5 Å². The number of nitrogens with zero attached hydrogens (tertiary/aromatic N) is 6. The Bertz CT molecular complexity index is 1100. The van der Waals surface area contributed by atoms with Crippen molar-refractivity contribution >= 4 is 38.8 Å². The van der Waals surface area contributed by atoms with Gasteiger partial charge in [-0.25, -0.2) is 14.5 Å². The number of rotatable bonds is 5. The van der Waals surface area contributed by atoms with Gasteiger partial charge in [-0.15, -0.1) is 0 Å². The number of nitrogens with one attached hydrogen (secondary N) is 1. The van der Waals surface area contributed by atoms with E-state index in [1.165, 1.54) is 12.7 Å². The molecule has 6 rings (SSSR count). The van der Waals surface area contributed by atoms with Gasteiger partial charge < -0.3 is 19.7 Å². The van der Waals surface area contributed by atoms with Crippen molar-refractivity contribution in [1.82, 2.24) is 24.5 Å². The summed E-state index contributed by atoms with van der Waals surface area (Å²) in [7, 11) is 1.73. The monoisotopic (exact) mass is 471 g/mol. The third kappa shape index (κ3) is 2.93. The summed E-state index contributed by atoms with van der Waals surface area (Å²) in [6, 6.07) is 7.98. The number of fused-ring (bicyclic) bond motifs is 3. The maximum Gasteiger partial charge on any atom is 0.198 e. The van der Waals surface area contributed by atoms with Crippen LogP contribution in [0.3, 0.4) is 0 Å². The van der Waals surface area contributed by atoms with Crippen LogP contribution in [0.25, 0.3) is 5.65 Å². The Morgan fingerprint density at radius 2 is 2.10 bits per heavy atom. The molecule has 3 saturated heterocycles. The standard InChI is InChI=1S/C20H22BrN7O2/c1-29-17-4-12(24-19-20-22-11-23-28(20)8-18(21)25-19)2-3-16(17)27-7-13-5-14(27)6-26(13)15-9-30-10-15/h2-4,8,11,13-15H,5-7,9-10H2,1H3,(H,24,25). The summed E-state index contributed by atoms with van der Waals surface area (Å²) >= 11 is 3.43. The molecule has 3 aliphatic heterocycles.